The molecule has 1 aliphatic rings. The summed E-state index contributed by atoms with van der Waals surface area (Å²) in [6.07, 6.45) is 10.8. The molecule has 1 atom stereocenters. The van der Waals surface area contributed by atoms with Crippen LogP contribution in [0.15, 0.2) is 36.7 Å². The SMILES string of the molecule is CC(c1ccccn1)(C1CCCCCC1)n1ccc(C(=O)O)n1. The van der Waals surface area contributed by atoms with Crippen LogP contribution in [0.3, 0.4) is 0 Å². The van der Waals surface area contributed by atoms with Gasteiger partial charge in [-0.05, 0) is 43.9 Å². The van der Waals surface area contributed by atoms with Crippen LogP contribution in [0.25, 0.3) is 0 Å². The van der Waals surface area contributed by atoms with E-state index in [2.05, 4.69) is 17.0 Å². The van der Waals surface area contributed by atoms with Gasteiger partial charge in [-0.3, -0.25) is 9.67 Å². The fourth-order valence-corrected chi connectivity index (χ4v) is 3.71. The molecule has 1 N–H and O–H groups in total. The Hall–Kier alpha value is -2.17. The van der Waals surface area contributed by atoms with Crippen LogP contribution in [0.5, 0.6) is 0 Å². The molecule has 2 heterocycles. The fraction of sp³-hybridized carbons (Fsp3) is 0.500. The van der Waals surface area contributed by atoms with Crippen molar-refractivity contribution in [3.05, 3.63) is 48.0 Å². The van der Waals surface area contributed by atoms with Crippen LogP contribution in [0.2, 0.25) is 0 Å². The molecule has 0 aliphatic heterocycles. The molecule has 23 heavy (non-hydrogen) atoms. The van der Waals surface area contributed by atoms with Crippen molar-refractivity contribution in [1.29, 1.82) is 0 Å². The van der Waals surface area contributed by atoms with Crippen molar-refractivity contribution in [2.24, 2.45) is 5.92 Å². The standard InChI is InChI=1S/C18H23N3O2/c1-18(16-10-6-7-12-19-16,14-8-4-2-3-5-9-14)21-13-11-15(20-21)17(22)23/h6-7,10-14H,2-5,8-9H2,1H3,(H,22,23). The molecule has 5 heteroatoms. The lowest BCUT2D eigenvalue weighted by atomic mass is 9.78. The first-order chi connectivity index (χ1) is 11.1. The Kier molecular flexibility index (Phi) is 4.46. The number of carbonyl (C=O) groups is 1. The molecule has 0 radical (unpaired) electrons. The first kappa shape index (κ1) is 15.7. The van der Waals surface area contributed by atoms with Crippen molar-refractivity contribution in [1.82, 2.24) is 14.8 Å². The quantitative estimate of drug-likeness (QED) is 0.874. The highest BCUT2D eigenvalue weighted by molar-refractivity contribution is 5.85. The molecule has 0 saturated heterocycles. The van der Waals surface area contributed by atoms with Crippen molar-refractivity contribution in [2.45, 2.75) is 51.0 Å². The third-order valence-corrected chi connectivity index (χ3v) is 5.12. The molecule has 2 aromatic heterocycles. The van der Waals surface area contributed by atoms with Gasteiger partial charge in [-0.2, -0.15) is 5.10 Å². The summed E-state index contributed by atoms with van der Waals surface area (Å²) in [6, 6.07) is 7.48. The van der Waals surface area contributed by atoms with Crippen molar-refractivity contribution in [3.63, 3.8) is 0 Å². The maximum atomic E-state index is 11.2. The Morgan fingerprint density at radius 1 is 1.22 bits per heavy atom. The smallest absolute Gasteiger partial charge is 0.356 e. The minimum absolute atomic E-state index is 0.0841. The second-order valence-electron chi connectivity index (χ2n) is 6.50. The van der Waals surface area contributed by atoms with E-state index >= 15 is 0 Å². The van der Waals surface area contributed by atoms with Crippen LogP contribution in [-0.2, 0) is 5.54 Å². The highest BCUT2D eigenvalue weighted by Crippen LogP contribution is 2.40. The predicted octanol–water partition coefficient (Wildman–Crippen LogP) is 3.71. The van der Waals surface area contributed by atoms with Gasteiger partial charge < -0.3 is 5.11 Å². The number of nitrogens with zero attached hydrogens (tertiary/aromatic N) is 3. The van der Waals surface area contributed by atoms with Crippen molar-refractivity contribution >= 4 is 5.97 Å². The molecule has 0 amide bonds. The Balaban J connectivity index is 2.06. The minimum atomic E-state index is -0.993. The topological polar surface area (TPSA) is 68.0 Å². The lowest BCUT2D eigenvalue weighted by molar-refractivity contribution is 0.0687. The molecule has 1 saturated carbocycles. The van der Waals surface area contributed by atoms with E-state index in [-0.39, 0.29) is 5.69 Å². The zero-order valence-corrected chi connectivity index (χ0v) is 13.5. The fourth-order valence-electron chi connectivity index (χ4n) is 3.71. The third-order valence-electron chi connectivity index (χ3n) is 5.12. The normalized spacial score (nSPS) is 19.0. The van der Waals surface area contributed by atoms with E-state index in [1.165, 1.54) is 25.7 Å². The van der Waals surface area contributed by atoms with E-state index < -0.39 is 11.5 Å². The number of carboxylic acids is 1. The van der Waals surface area contributed by atoms with Gasteiger partial charge in [0.2, 0.25) is 0 Å². The summed E-state index contributed by atoms with van der Waals surface area (Å²) < 4.78 is 1.81. The van der Waals surface area contributed by atoms with Gasteiger partial charge >= 0.3 is 5.97 Å². The molecule has 1 aliphatic carbocycles. The third kappa shape index (κ3) is 3.00. The number of aromatic nitrogens is 3. The maximum Gasteiger partial charge on any atom is 0.356 e. The van der Waals surface area contributed by atoms with Crippen molar-refractivity contribution in [2.75, 3.05) is 0 Å². The number of hydrogen-bond acceptors (Lipinski definition) is 3. The largest absolute Gasteiger partial charge is 0.476 e. The highest BCUT2D eigenvalue weighted by Gasteiger charge is 2.40. The Bertz CT molecular complexity index is 660. The van der Waals surface area contributed by atoms with Gasteiger partial charge in [-0.25, -0.2) is 4.79 Å². The molecule has 3 rings (SSSR count). The first-order valence-corrected chi connectivity index (χ1v) is 8.33. The van der Waals surface area contributed by atoms with E-state index in [1.807, 2.05) is 22.9 Å². The second-order valence-corrected chi connectivity index (χ2v) is 6.50. The number of rotatable bonds is 4. The molecular formula is C18H23N3O2. The van der Waals surface area contributed by atoms with Gasteiger partial charge in [0, 0.05) is 12.4 Å². The van der Waals surface area contributed by atoms with Crippen molar-refractivity contribution in [3.8, 4) is 0 Å². The zero-order valence-electron chi connectivity index (χ0n) is 13.5. The summed E-state index contributed by atoms with van der Waals surface area (Å²) in [5.74, 6) is -0.588. The van der Waals surface area contributed by atoms with Crippen LogP contribution in [0, 0.1) is 5.92 Å². The van der Waals surface area contributed by atoms with Gasteiger partial charge in [-0.1, -0.05) is 31.7 Å². The van der Waals surface area contributed by atoms with E-state index in [1.54, 1.807) is 18.5 Å². The molecule has 0 spiro atoms. The van der Waals surface area contributed by atoms with Crippen LogP contribution in [-0.4, -0.2) is 25.8 Å². The van der Waals surface area contributed by atoms with Gasteiger partial charge in [-0.15, -0.1) is 0 Å². The monoisotopic (exact) mass is 313 g/mol. The average Bonchev–Trinajstić information content (AvgIpc) is 2.92. The average molecular weight is 313 g/mol. The van der Waals surface area contributed by atoms with Crippen LogP contribution in [0.1, 0.15) is 61.6 Å². The molecular weight excluding hydrogens is 290 g/mol. The summed E-state index contributed by atoms with van der Waals surface area (Å²) in [7, 11) is 0. The molecule has 0 bridgehead atoms. The van der Waals surface area contributed by atoms with Crippen LogP contribution >= 0.6 is 0 Å². The van der Waals surface area contributed by atoms with E-state index in [0.29, 0.717) is 5.92 Å². The predicted molar refractivity (Wildman–Crippen MR) is 87.4 cm³/mol. The molecule has 122 valence electrons. The van der Waals surface area contributed by atoms with E-state index in [4.69, 9.17) is 0 Å². The van der Waals surface area contributed by atoms with Crippen LogP contribution < -0.4 is 0 Å². The lowest BCUT2D eigenvalue weighted by Gasteiger charge is -2.37. The van der Waals surface area contributed by atoms with E-state index in [9.17, 15) is 9.90 Å². The Labute approximate surface area is 136 Å². The summed E-state index contributed by atoms with van der Waals surface area (Å²) in [6.45, 7) is 2.14. The number of carboxylic acid groups (broad SMARTS) is 1. The Morgan fingerprint density at radius 3 is 2.52 bits per heavy atom. The maximum absolute atomic E-state index is 11.2. The lowest BCUT2D eigenvalue weighted by Crippen LogP contribution is -2.41. The number of hydrogen-bond donors (Lipinski definition) is 1. The zero-order chi connectivity index (χ0) is 16.3. The first-order valence-electron chi connectivity index (χ1n) is 8.33. The molecule has 0 aromatic carbocycles. The highest BCUT2D eigenvalue weighted by atomic mass is 16.4. The minimum Gasteiger partial charge on any atom is -0.476 e. The van der Waals surface area contributed by atoms with Gasteiger partial charge in [0.05, 0.1) is 5.69 Å². The number of pyridine rings is 1. The molecule has 1 fully saturated rings. The summed E-state index contributed by atoms with van der Waals surface area (Å²) in [5, 5.41) is 13.5. The number of aromatic carboxylic acids is 1. The molecule has 1 unspecified atom stereocenters. The molecule has 2 aromatic rings. The van der Waals surface area contributed by atoms with Gasteiger partial charge in [0.25, 0.3) is 0 Å². The second kappa shape index (κ2) is 6.52. The van der Waals surface area contributed by atoms with Gasteiger partial charge in [0.1, 0.15) is 5.54 Å². The van der Waals surface area contributed by atoms with Crippen molar-refractivity contribution < 1.29 is 9.90 Å². The van der Waals surface area contributed by atoms with E-state index in [0.717, 1.165) is 18.5 Å². The summed E-state index contributed by atoms with van der Waals surface area (Å²) in [5.41, 5.74) is 0.618. The Morgan fingerprint density at radius 2 is 1.96 bits per heavy atom. The summed E-state index contributed by atoms with van der Waals surface area (Å²) >= 11 is 0. The molecule has 5 nitrogen and oxygen atoms in total. The van der Waals surface area contributed by atoms with Crippen LogP contribution in [0.4, 0.5) is 0 Å². The van der Waals surface area contributed by atoms with Gasteiger partial charge in [0.15, 0.2) is 5.69 Å². The summed E-state index contributed by atoms with van der Waals surface area (Å²) in [4.78, 5) is 15.8.